The molecule has 2 aliphatic rings. The Hall–Kier alpha value is -1.36. The Morgan fingerprint density at radius 2 is 2.24 bits per heavy atom. The van der Waals surface area contributed by atoms with E-state index in [-0.39, 0.29) is 11.1 Å². The molecule has 1 aliphatic carbocycles. The van der Waals surface area contributed by atoms with Gasteiger partial charge in [0.25, 0.3) is 0 Å². The molecule has 0 unspecified atom stereocenters. The van der Waals surface area contributed by atoms with Crippen molar-refractivity contribution in [2.75, 3.05) is 6.54 Å². The van der Waals surface area contributed by atoms with Gasteiger partial charge in [-0.1, -0.05) is 0 Å². The molecule has 1 aromatic heterocycles. The predicted molar refractivity (Wildman–Crippen MR) is 62.1 cm³/mol. The topological polar surface area (TPSA) is 81.1 Å². The molecule has 3 N–H and O–H groups in total. The number of hydrogen-bond acceptors (Lipinski definition) is 3. The SMILES string of the molecule is NCC1(c2nc(C(=O)O)c3n2CCCC3)CC1. The first kappa shape index (κ1) is 10.8. The smallest absolute Gasteiger partial charge is 0.356 e. The van der Waals surface area contributed by atoms with Crippen LogP contribution in [0.3, 0.4) is 0 Å². The van der Waals surface area contributed by atoms with Gasteiger partial charge < -0.3 is 15.4 Å². The minimum atomic E-state index is -0.908. The zero-order valence-corrected chi connectivity index (χ0v) is 9.78. The third kappa shape index (κ3) is 1.49. The van der Waals surface area contributed by atoms with Crippen LogP contribution in [0.15, 0.2) is 0 Å². The molecule has 17 heavy (non-hydrogen) atoms. The lowest BCUT2D eigenvalue weighted by molar-refractivity contribution is 0.0689. The van der Waals surface area contributed by atoms with Gasteiger partial charge in [0.2, 0.25) is 0 Å². The number of aromatic nitrogens is 2. The number of carboxylic acids is 1. The summed E-state index contributed by atoms with van der Waals surface area (Å²) < 4.78 is 2.12. The average Bonchev–Trinajstić information content (AvgIpc) is 3.03. The summed E-state index contributed by atoms with van der Waals surface area (Å²) in [6.07, 6.45) is 5.07. The van der Waals surface area contributed by atoms with E-state index in [1.807, 2.05) is 0 Å². The number of carboxylic acid groups (broad SMARTS) is 1. The van der Waals surface area contributed by atoms with Crippen LogP contribution in [-0.4, -0.2) is 27.2 Å². The Kier molecular flexibility index (Phi) is 2.26. The second-order valence-corrected chi connectivity index (χ2v) is 5.13. The molecule has 5 heteroatoms. The van der Waals surface area contributed by atoms with Crippen LogP contribution in [0, 0.1) is 0 Å². The number of nitrogens with two attached hydrogens (primary N) is 1. The van der Waals surface area contributed by atoms with Crippen LogP contribution in [0.1, 0.15) is 47.7 Å². The van der Waals surface area contributed by atoms with Gasteiger partial charge in [0.05, 0.1) is 5.69 Å². The van der Waals surface area contributed by atoms with E-state index in [4.69, 9.17) is 5.73 Å². The third-order valence-corrected chi connectivity index (χ3v) is 4.04. The Labute approximate surface area is 99.6 Å². The highest BCUT2D eigenvalue weighted by atomic mass is 16.4. The quantitative estimate of drug-likeness (QED) is 0.815. The van der Waals surface area contributed by atoms with Crippen molar-refractivity contribution in [2.24, 2.45) is 5.73 Å². The molecular formula is C12H17N3O2. The summed E-state index contributed by atoms with van der Waals surface area (Å²) in [4.78, 5) is 15.6. The fourth-order valence-electron chi connectivity index (χ4n) is 2.79. The summed E-state index contributed by atoms with van der Waals surface area (Å²) in [6.45, 7) is 1.47. The molecule has 3 rings (SSSR count). The van der Waals surface area contributed by atoms with E-state index in [2.05, 4.69) is 9.55 Å². The van der Waals surface area contributed by atoms with Gasteiger partial charge in [-0.15, -0.1) is 0 Å². The molecule has 0 aromatic carbocycles. The molecule has 92 valence electrons. The van der Waals surface area contributed by atoms with E-state index >= 15 is 0 Å². The van der Waals surface area contributed by atoms with E-state index in [1.54, 1.807) is 0 Å². The summed E-state index contributed by atoms with van der Waals surface area (Å²) in [5, 5.41) is 9.21. The lowest BCUT2D eigenvalue weighted by Gasteiger charge is -2.20. The van der Waals surface area contributed by atoms with Crippen molar-refractivity contribution < 1.29 is 9.90 Å². The minimum absolute atomic E-state index is 0.0280. The van der Waals surface area contributed by atoms with E-state index in [0.29, 0.717) is 6.54 Å². The van der Waals surface area contributed by atoms with Crippen molar-refractivity contribution in [3.63, 3.8) is 0 Å². The molecule has 0 radical (unpaired) electrons. The molecule has 0 atom stereocenters. The van der Waals surface area contributed by atoms with Crippen molar-refractivity contribution in [3.8, 4) is 0 Å². The van der Waals surface area contributed by atoms with Crippen molar-refractivity contribution in [1.82, 2.24) is 9.55 Å². The lowest BCUT2D eigenvalue weighted by Crippen LogP contribution is -2.26. The lowest BCUT2D eigenvalue weighted by atomic mass is 10.1. The van der Waals surface area contributed by atoms with E-state index in [1.165, 1.54) is 0 Å². The number of imidazole rings is 1. The molecule has 1 saturated carbocycles. The van der Waals surface area contributed by atoms with Gasteiger partial charge >= 0.3 is 5.97 Å². The predicted octanol–water partition coefficient (Wildman–Crippen LogP) is 0.908. The second kappa shape index (κ2) is 3.57. The number of fused-ring (bicyclic) bond motifs is 1. The van der Waals surface area contributed by atoms with Crippen LogP contribution in [-0.2, 0) is 18.4 Å². The van der Waals surface area contributed by atoms with Crippen molar-refractivity contribution in [3.05, 3.63) is 17.2 Å². The average molecular weight is 235 g/mol. The number of carbonyl (C=O) groups is 1. The molecular weight excluding hydrogens is 218 g/mol. The van der Waals surface area contributed by atoms with E-state index in [9.17, 15) is 9.90 Å². The zero-order chi connectivity index (χ0) is 12.0. The molecule has 1 fully saturated rings. The highest BCUT2D eigenvalue weighted by Gasteiger charge is 2.48. The van der Waals surface area contributed by atoms with Gasteiger partial charge in [0, 0.05) is 18.5 Å². The Bertz CT molecular complexity index is 474. The maximum atomic E-state index is 11.2. The molecule has 0 amide bonds. The third-order valence-electron chi connectivity index (χ3n) is 4.04. The van der Waals surface area contributed by atoms with Gasteiger partial charge in [-0.3, -0.25) is 0 Å². The van der Waals surface area contributed by atoms with Crippen LogP contribution < -0.4 is 5.73 Å². The fraction of sp³-hybridized carbons (Fsp3) is 0.667. The summed E-state index contributed by atoms with van der Waals surface area (Å²) in [5.41, 5.74) is 6.94. The normalized spacial score (nSPS) is 21.0. The fourth-order valence-corrected chi connectivity index (χ4v) is 2.79. The first-order valence-electron chi connectivity index (χ1n) is 6.21. The van der Waals surface area contributed by atoms with Crippen molar-refractivity contribution in [1.29, 1.82) is 0 Å². The van der Waals surface area contributed by atoms with Gasteiger partial charge in [-0.25, -0.2) is 9.78 Å². The molecule has 0 spiro atoms. The largest absolute Gasteiger partial charge is 0.476 e. The van der Waals surface area contributed by atoms with Crippen molar-refractivity contribution in [2.45, 2.75) is 44.1 Å². The summed E-state index contributed by atoms with van der Waals surface area (Å²) >= 11 is 0. The van der Waals surface area contributed by atoms with E-state index in [0.717, 1.165) is 50.2 Å². The first-order chi connectivity index (χ1) is 8.18. The zero-order valence-electron chi connectivity index (χ0n) is 9.78. The maximum Gasteiger partial charge on any atom is 0.356 e. The Balaban J connectivity index is 2.13. The molecule has 0 saturated heterocycles. The number of hydrogen-bond donors (Lipinski definition) is 2. The summed E-state index contributed by atoms with van der Waals surface area (Å²) in [5.74, 6) is 0.0156. The number of aromatic carboxylic acids is 1. The summed E-state index contributed by atoms with van der Waals surface area (Å²) in [6, 6.07) is 0. The van der Waals surface area contributed by atoms with Crippen LogP contribution in [0.25, 0.3) is 0 Å². The highest BCUT2D eigenvalue weighted by molar-refractivity contribution is 5.87. The van der Waals surface area contributed by atoms with Gasteiger partial charge in [0.1, 0.15) is 5.82 Å². The molecule has 1 aliphatic heterocycles. The monoisotopic (exact) mass is 235 g/mol. The Morgan fingerprint density at radius 3 is 2.82 bits per heavy atom. The molecule has 2 heterocycles. The van der Waals surface area contributed by atoms with Crippen LogP contribution in [0.5, 0.6) is 0 Å². The standard InChI is InChI=1S/C12H17N3O2/c13-7-12(4-5-12)11-14-9(10(16)17)8-3-1-2-6-15(8)11/h1-7,13H2,(H,16,17). The highest BCUT2D eigenvalue weighted by Crippen LogP contribution is 2.47. The Morgan fingerprint density at radius 1 is 1.47 bits per heavy atom. The van der Waals surface area contributed by atoms with Gasteiger partial charge in [0.15, 0.2) is 5.69 Å². The number of nitrogens with zero attached hydrogens (tertiary/aromatic N) is 2. The van der Waals surface area contributed by atoms with Crippen LogP contribution in [0.4, 0.5) is 0 Å². The molecule has 5 nitrogen and oxygen atoms in total. The first-order valence-corrected chi connectivity index (χ1v) is 6.21. The van der Waals surface area contributed by atoms with Gasteiger partial charge in [-0.05, 0) is 32.1 Å². The molecule has 0 bridgehead atoms. The van der Waals surface area contributed by atoms with Crippen LogP contribution in [0.2, 0.25) is 0 Å². The van der Waals surface area contributed by atoms with E-state index < -0.39 is 5.97 Å². The van der Waals surface area contributed by atoms with Gasteiger partial charge in [-0.2, -0.15) is 0 Å². The maximum absolute atomic E-state index is 11.2. The second-order valence-electron chi connectivity index (χ2n) is 5.13. The number of rotatable bonds is 3. The summed E-state index contributed by atoms with van der Waals surface area (Å²) in [7, 11) is 0. The van der Waals surface area contributed by atoms with Crippen molar-refractivity contribution >= 4 is 5.97 Å². The minimum Gasteiger partial charge on any atom is -0.476 e. The molecule has 1 aromatic rings. The van der Waals surface area contributed by atoms with Crippen LogP contribution >= 0.6 is 0 Å².